The van der Waals surface area contributed by atoms with Crippen molar-refractivity contribution in [2.75, 3.05) is 26.8 Å². The number of nitrogens with zero attached hydrogens (tertiary/aromatic N) is 1. The van der Waals surface area contributed by atoms with E-state index in [2.05, 4.69) is 0 Å². The Morgan fingerprint density at radius 1 is 1.19 bits per heavy atom. The first-order chi connectivity index (χ1) is 10.2. The second-order valence-corrected chi connectivity index (χ2v) is 5.27. The minimum absolute atomic E-state index is 0.0390. The predicted octanol–water partition coefficient (Wildman–Crippen LogP) is 1.94. The zero-order valence-electron chi connectivity index (χ0n) is 12.6. The Balaban J connectivity index is 1.96. The van der Waals surface area contributed by atoms with Crippen molar-refractivity contribution in [2.24, 2.45) is 5.73 Å². The van der Waals surface area contributed by atoms with Gasteiger partial charge in [-0.3, -0.25) is 4.79 Å². The summed E-state index contributed by atoms with van der Waals surface area (Å²) in [4.78, 5) is 14.1. The number of hydrogen-bond acceptors (Lipinski definition) is 4. The number of methoxy groups -OCH3 is 1. The molecule has 1 aliphatic rings. The zero-order valence-corrected chi connectivity index (χ0v) is 12.6. The van der Waals surface area contributed by atoms with Crippen molar-refractivity contribution >= 4 is 5.91 Å². The first kappa shape index (κ1) is 15.6. The molecule has 0 radical (unpaired) electrons. The maximum absolute atomic E-state index is 12.2. The topological polar surface area (TPSA) is 64.8 Å². The number of amides is 1. The Labute approximate surface area is 126 Å². The van der Waals surface area contributed by atoms with Gasteiger partial charge in [0.05, 0.1) is 7.11 Å². The number of likely N-dealkylation sites (tertiary alicyclic amines) is 1. The van der Waals surface area contributed by atoms with Crippen LogP contribution in [0.25, 0.3) is 0 Å². The molecule has 21 heavy (non-hydrogen) atoms. The summed E-state index contributed by atoms with van der Waals surface area (Å²) in [5, 5.41) is 0. The monoisotopic (exact) mass is 292 g/mol. The van der Waals surface area contributed by atoms with Crippen LogP contribution in [0, 0.1) is 0 Å². The van der Waals surface area contributed by atoms with Crippen molar-refractivity contribution in [1.29, 1.82) is 0 Å². The van der Waals surface area contributed by atoms with E-state index in [1.165, 1.54) is 12.8 Å². The summed E-state index contributed by atoms with van der Waals surface area (Å²) in [7, 11) is 1.58. The number of ether oxygens (including phenoxy) is 2. The Bertz CT molecular complexity index is 469. The summed E-state index contributed by atoms with van der Waals surface area (Å²) in [6.45, 7) is 2.15. The Hall–Kier alpha value is -1.75. The molecular formula is C16H24N2O3. The largest absolute Gasteiger partial charge is 0.493 e. The lowest BCUT2D eigenvalue weighted by molar-refractivity contribution is -0.133. The Morgan fingerprint density at radius 3 is 2.52 bits per heavy atom. The van der Waals surface area contributed by atoms with E-state index in [9.17, 15) is 4.79 Å². The number of benzene rings is 1. The van der Waals surface area contributed by atoms with Crippen molar-refractivity contribution in [3.63, 3.8) is 0 Å². The molecule has 2 rings (SSSR count). The zero-order chi connectivity index (χ0) is 15.1. The molecule has 5 heteroatoms. The van der Waals surface area contributed by atoms with Crippen molar-refractivity contribution in [3.8, 4) is 11.5 Å². The quantitative estimate of drug-likeness (QED) is 0.900. The molecule has 0 bridgehead atoms. The fourth-order valence-electron chi connectivity index (χ4n) is 2.51. The van der Waals surface area contributed by atoms with Crippen LogP contribution in [-0.2, 0) is 11.3 Å². The molecule has 1 aromatic carbocycles. The third-order valence-electron chi connectivity index (χ3n) is 3.77. The van der Waals surface area contributed by atoms with Gasteiger partial charge in [-0.25, -0.2) is 0 Å². The summed E-state index contributed by atoms with van der Waals surface area (Å²) >= 11 is 0. The van der Waals surface area contributed by atoms with Crippen molar-refractivity contribution in [2.45, 2.75) is 32.2 Å². The van der Waals surface area contributed by atoms with Crippen molar-refractivity contribution < 1.29 is 14.3 Å². The highest BCUT2D eigenvalue weighted by atomic mass is 16.5. The highest BCUT2D eigenvalue weighted by Crippen LogP contribution is 2.28. The molecule has 0 atom stereocenters. The number of nitrogens with two attached hydrogens (primary N) is 1. The number of rotatable bonds is 5. The molecule has 1 amide bonds. The smallest absolute Gasteiger partial charge is 0.260 e. The first-order valence-electron chi connectivity index (χ1n) is 7.52. The molecule has 0 spiro atoms. The van der Waals surface area contributed by atoms with Gasteiger partial charge in [-0.1, -0.05) is 18.9 Å². The van der Waals surface area contributed by atoms with Gasteiger partial charge in [0, 0.05) is 19.6 Å². The van der Waals surface area contributed by atoms with E-state index in [0.717, 1.165) is 31.5 Å². The molecule has 1 saturated heterocycles. The average Bonchev–Trinajstić information content (AvgIpc) is 2.81. The molecule has 1 aromatic rings. The van der Waals surface area contributed by atoms with Gasteiger partial charge in [0.1, 0.15) is 0 Å². The fourth-order valence-corrected chi connectivity index (χ4v) is 2.51. The predicted molar refractivity (Wildman–Crippen MR) is 81.4 cm³/mol. The number of carbonyl (C=O) groups excluding carboxylic acids is 1. The molecule has 1 fully saturated rings. The summed E-state index contributed by atoms with van der Waals surface area (Å²) in [5.41, 5.74) is 6.58. The van der Waals surface area contributed by atoms with Gasteiger partial charge in [-0.05, 0) is 30.5 Å². The van der Waals surface area contributed by atoms with Gasteiger partial charge in [0.2, 0.25) is 0 Å². The third kappa shape index (κ3) is 4.36. The summed E-state index contributed by atoms with van der Waals surface area (Å²) in [5.74, 6) is 1.23. The maximum Gasteiger partial charge on any atom is 0.260 e. The van der Waals surface area contributed by atoms with Gasteiger partial charge in [0.25, 0.3) is 5.91 Å². The van der Waals surface area contributed by atoms with Gasteiger partial charge in [-0.2, -0.15) is 0 Å². The molecule has 1 heterocycles. The standard InChI is InChI=1S/C16H24N2O3/c1-20-14-7-6-13(11-17)10-15(14)21-12-16(19)18-8-4-2-3-5-9-18/h6-7,10H,2-5,8-9,11-12,17H2,1H3. The van der Waals surface area contributed by atoms with E-state index < -0.39 is 0 Å². The maximum atomic E-state index is 12.2. The van der Waals surface area contributed by atoms with Crippen molar-refractivity contribution in [1.82, 2.24) is 4.90 Å². The minimum Gasteiger partial charge on any atom is -0.493 e. The SMILES string of the molecule is COc1ccc(CN)cc1OCC(=O)N1CCCCCC1. The van der Waals surface area contributed by atoms with Gasteiger partial charge in [-0.15, -0.1) is 0 Å². The lowest BCUT2D eigenvalue weighted by atomic mass is 10.2. The molecule has 116 valence electrons. The van der Waals surface area contributed by atoms with Crippen LogP contribution in [0.3, 0.4) is 0 Å². The van der Waals surface area contributed by atoms with Crippen LogP contribution in [0.1, 0.15) is 31.2 Å². The number of hydrogen-bond donors (Lipinski definition) is 1. The summed E-state index contributed by atoms with van der Waals surface area (Å²) in [6, 6.07) is 5.53. The molecule has 2 N–H and O–H groups in total. The second kappa shape index (κ2) is 7.88. The van der Waals surface area contributed by atoms with Gasteiger partial charge in [0.15, 0.2) is 18.1 Å². The lowest BCUT2D eigenvalue weighted by Gasteiger charge is -2.20. The average molecular weight is 292 g/mol. The second-order valence-electron chi connectivity index (χ2n) is 5.27. The van der Waals surface area contributed by atoms with Crippen LogP contribution in [-0.4, -0.2) is 37.6 Å². The first-order valence-corrected chi connectivity index (χ1v) is 7.52. The fraction of sp³-hybridized carbons (Fsp3) is 0.562. The van der Waals surface area contributed by atoms with E-state index in [1.807, 2.05) is 23.1 Å². The molecule has 0 aliphatic carbocycles. The van der Waals surface area contributed by atoms with Crippen LogP contribution in [0.2, 0.25) is 0 Å². The molecule has 0 saturated carbocycles. The summed E-state index contributed by atoms with van der Waals surface area (Å²) in [6.07, 6.45) is 4.57. The molecular weight excluding hydrogens is 268 g/mol. The van der Waals surface area contributed by atoms with E-state index in [1.54, 1.807) is 7.11 Å². The van der Waals surface area contributed by atoms with E-state index in [-0.39, 0.29) is 12.5 Å². The van der Waals surface area contributed by atoms with Crippen LogP contribution < -0.4 is 15.2 Å². The molecule has 0 unspecified atom stereocenters. The Kier molecular flexibility index (Phi) is 5.87. The molecule has 1 aliphatic heterocycles. The van der Waals surface area contributed by atoms with Gasteiger partial charge < -0.3 is 20.1 Å². The lowest BCUT2D eigenvalue weighted by Crippen LogP contribution is -2.35. The highest BCUT2D eigenvalue weighted by Gasteiger charge is 2.16. The van der Waals surface area contributed by atoms with Crippen LogP contribution >= 0.6 is 0 Å². The highest BCUT2D eigenvalue weighted by molar-refractivity contribution is 5.77. The summed E-state index contributed by atoms with van der Waals surface area (Å²) < 4.78 is 10.9. The Morgan fingerprint density at radius 2 is 1.90 bits per heavy atom. The number of carbonyl (C=O) groups is 1. The van der Waals surface area contributed by atoms with Crippen molar-refractivity contribution in [3.05, 3.63) is 23.8 Å². The van der Waals surface area contributed by atoms with Gasteiger partial charge >= 0.3 is 0 Å². The van der Waals surface area contributed by atoms with Crippen LogP contribution in [0.15, 0.2) is 18.2 Å². The minimum atomic E-state index is 0.0390. The van der Waals surface area contributed by atoms with E-state index in [4.69, 9.17) is 15.2 Å². The third-order valence-corrected chi connectivity index (χ3v) is 3.77. The van der Waals surface area contributed by atoms with E-state index >= 15 is 0 Å². The van der Waals surface area contributed by atoms with Crippen LogP contribution in [0.5, 0.6) is 11.5 Å². The molecule has 0 aromatic heterocycles. The van der Waals surface area contributed by atoms with E-state index in [0.29, 0.717) is 18.0 Å². The van der Waals surface area contributed by atoms with Crippen LogP contribution in [0.4, 0.5) is 0 Å². The molecule has 5 nitrogen and oxygen atoms in total. The normalized spacial score (nSPS) is 15.4.